The molecule has 2 atom stereocenters. The first-order chi connectivity index (χ1) is 7.74. The first-order valence-electron chi connectivity index (χ1n) is 5.91. The number of hydrogen-bond acceptors (Lipinski definition) is 2. The topological polar surface area (TPSA) is 27.0 Å². The maximum absolute atomic E-state index is 9.61. The van der Waals surface area contributed by atoms with Crippen molar-refractivity contribution in [2.75, 3.05) is 13.6 Å². The number of likely N-dealkylation sites (N-methyl/N-ethyl adjacent to an activating group) is 1. The standard InChI is InChI=1S/C14H18N2/c1-3-13-14(11-15,9-10-16(13)2)12-7-5-4-6-8-12/h4-8,13H,3,9-10H2,1-2H3. The molecule has 2 nitrogen and oxygen atoms in total. The van der Waals surface area contributed by atoms with Crippen LogP contribution in [0.1, 0.15) is 25.3 Å². The minimum atomic E-state index is -0.301. The highest BCUT2D eigenvalue weighted by Gasteiger charge is 2.46. The van der Waals surface area contributed by atoms with Crippen LogP contribution in [0.4, 0.5) is 0 Å². The summed E-state index contributed by atoms with van der Waals surface area (Å²) in [7, 11) is 2.12. The Morgan fingerprint density at radius 2 is 2.12 bits per heavy atom. The van der Waals surface area contributed by atoms with Gasteiger partial charge in [-0.3, -0.25) is 0 Å². The number of hydrogen-bond donors (Lipinski definition) is 0. The van der Waals surface area contributed by atoms with Crippen molar-refractivity contribution in [3.05, 3.63) is 35.9 Å². The fourth-order valence-electron chi connectivity index (χ4n) is 2.98. The molecule has 0 amide bonds. The Morgan fingerprint density at radius 3 is 2.69 bits per heavy atom. The highest BCUT2D eigenvalue weighted by molar-refractivity contribution is 5.36. The lowest BCUT2D eigenvalue weighted by Gasteiger charge is -2.31. The van der Waals surface area contributed by atoms with E-state index in [0.717, 1.165) is 19.4 Å². The summed E-state index contributed by atoms with van der Waals surface area (Å²) in [4.78, 5) is 2.32. The van der Waals surface area contributed by atoms with Crippen molar-refractivity contribution in [2.45, 2.75) is 31.2 Å². The van der Waals surface area contributed by atoms with Crippen LogP contribution >= 0.6 is 0 Å². The first kappa shape index (κ1) is 11.2. The summed E-state index contributed by atoms with van der Waals surface area (Å²) in [5, 5.41) is 9.61. The molecule has 0 spiro atoms. The van der Waals surface area contributed by atoms with Gasteiger partial charge in [-0.1, -0.05) is 37.3 Å². The molecule has 0 aliphatic carbocycles. The van der Waals surface area contributed by atoms with Crippen molar-refractivity contribution in [3.63, 3.8) is 0 Å². The third-order valence-electron chi connectivity index (χ3n) is 3.83. The van der Waals surface area contributed by atoms with Crippen LogP contribution < -0.4 is 0 Å². The van der Waals surface area contributed by atoms with Gasteiger partial charge >= 0.3 is 0 Å². The molecule has 84 valence electrons. The van der Waals surface area contributed by atoms with Gasteiger partial charge in [-0.05, 0) is 25.5 Å². The molecule has 2 unspecified atom stereocenters. The summed E-state index contributed by atoms with van der Waals surface area (Å²) in [6.07, 6.45) is 1.97. The van der Waals surface area contributed by atoms with Crippen molar-refractivity contribution in [1.82, 2.24) is 4.90 Å². The van der Waals surface area contributed by atoms with E-state index in [1.54, 1.807) is 0 Å². The molecule has 1 fully saturated rings. The van der Waals surface area contributed by atoms with Crippen LogP contribution in [-0.4, -0.2) is 24.5 Å². The van der Waals surface area contributed by atoms with E-state index in [9.17, 15) is 5.26 Å². The Bertz CT molecular complexity index is 393. The lowest BCUT2D eigenvalue weighted by molar-refractivity contribution is 0.266. The summed E-state index contributed by atoms with van der Waals surface area (Å²) >= 11 is 0. The number of rotatable bonds is 2. The molecule has 2 rings (SSSR count). The average Bonchev–Trinajstić information content (AvgIpc) is 2.68. The largest absolute Gasteiger partial charge is 0.301 e. The van der Waals surface area contributed by atoms with Crippen LogP contribution in [0, 0.1) is 11.3 Å². The minimum Gasteiger partial charge on any atom is -0.301 e. The Balaban J connectivity index is 2.45. The van der Waals surface area contributed by atoms with Crippen LogP contribution in [0.5, 0.6) is 0 Å². The molecule has 1 saturated heterocycles. The third kappa shape index (κ3) is 1.52. The van der Waals surface area contributed by atoms with E-state index < -0.39 is 0 Å². The van der Waals surface area contributed by atoms with Crippen LogP contribution in [0.2, 0.25) is 0 Å². The van der Waals surface area contributed by atoms with Crippen LogP contribution in [0.15, 0.2) is 30.3 Å². The molecule has 16 heavy (non-hydrogen) atoms. The van der Waals surface area contributed by atoms with Gasteiger partial charge in [0.15, 0.2) is 0 Å². The molecular weight excluding hydrogens is 196 g/mol. The van der Waals surface area contributed by atoms with Gasteiger partial charge in [0, 0.05) is 12.6 Å². The Morgan fingerprint density at radius 1 is 1.44 bits per heavy atom. The number of nitriles is 1. The zero-order chi connectivity index (χ0) is 11.6. The lowest BCUT2D eigenvalue weighted by Crippen LogP contribution is -2.39. The van der Waals surface area contributed by atoms with Crippen molar-refractivity contribution in [3.8, 4) is 6.07 Å². The molecular formula is C14H18N2. The van der Waals surface area contributed by atoms with Crippen molar-refractivity contribution in [2.24, 2.45) is 0 Å². The minimum absolute atomic E-state index is 0.301. The monoisotopic (exact) mass is 214 g/mol. The molecule has 0 radical (unpaired) electrons. The smallest absolute Gasteiger partial charge is 0.0988 e. The Kier molecular flexibility index (Phi) is 2.98. The number of benzene rings is 1. The summed E-state index contributed by atoms with van der Waals surface area (Å²) in [5.41, 5.74) is 0.874. The predicted octanol–water partition coefficient (Wildman–Crippen LogP) is 2.56. The maximum atomic E-state index is 9.61. The van der Waals surface area contributed by atoms with Gasteiger partial charge in [0.2, 0.25) is 0 Å². The molecule has 0 bridgehead atoms. The normalized spacial score (nSPS) is 30.2. The van der Waals surface area contributed by atoms with E-state index in [-0.39, 0.29) is 5.41 Å². The van der Waals surface area contributed by atoms with E-state index >= 15 is 0 Å². The molecule has 1 heterocycles. The fourth-order valence-corrected chi connectivity index (χ4v) is 2.98. The Hall–Kier alpha value is -1.33. The van der Waals surface area contributed by atoms with Gasteiger partial charge < -0.3 is 4.90 Å². The number of nitrogens with zero attached hydrogens (tertiary/aromatic N) is 2. The van der Waals surface area contributed by atoms with Crippen LogP contribution in [-0.2, 0) is 5.41 Å². The quantitative estimate of drug-likeness (QED) is 0.756. The van der Waals surface area contributed by atoms with Crippen LogP contribution in [0.25, 0.3) is 0 Å². The molecule has 0 N–H and O–H groups in total. The second-order valence-electron chi connectivity index (χ2n) is 4.60. The predicted molar refractivity (Wildman–Crippen MR) is 65.1 cm³/mol. The molecule has 1 aromatic rings. The molecule has 1 aromatic carbocycles. The molecule has 1 aliphatic heterocycles. The zero-order valence-corrected chi connectivity index (χ0v) is 9.98. The van der Waals surface area contributed by atoms with Crippen molar-refractivity contribution >= 4 is 0 Å². The summed E-state index contributed by atoms with van der Waals surface area (Å²) < 4.78 is 0. The van der Waals surface area contributed by atoms with Gasteiger partial charge in [-0.25, -0.2) is 0 Å². The fraction of sp³-hybridized carbons (Fsp3) is 0.500. The van der Waals surface area contributed by atoms with Crippen molar-refractivity contribution in [1.29, 1.82) is 5.26 Å². The number of likely N-dealkylation sites (tertiary alicyclic amines) is 1. The molecule has 2 heteroatoms. The molecule has 0 saturated carbocycles. The Labute approximate surface area is 97.5 Å². The summed E-state index contributed by atoms with van der Waals surface area (Å²) in [5.74, 6) is 0. The van der Waals surface area contributed by atoms with E-state index in [0.29, 0.717) is 6.04 Å². The SMILES string of the molecule is CCC1N(C)CCC1(C#N)c1ccccc1. The lowest BCUT2D eigenvalue weighted by atomic mass is 9.74. The third-order valence-corrected chi connectivity index (χ3v) is 3.83. The maximum Gasteiger partial charge on any atom is 0.0988 e. The van der Waals surface area contributed by atoms with Gasteiger partial charge in [0.1, 0.15) is 0 Å². The molecule has 0 aromatic heterocycles. The molecule has 1 aliphatic rings. The average molecular weight is 214 g/mol. The van der Waals surface area contributed by atoms with E-state index in [1.807, 2.05) is 18.2 Å². The highest BCUT2D eigenvalue weighted by atomic mass is 15.2. The van der Waals surface area contributed by atoms with E-state index in [4.69, 9.17) is 0 Å². The van der Waals surface area contributed by atoms with E-state index in [1.165, 1.54) is 5.56 Å². The highest BCUT2D eigenvalue weighted by Crippen LogP contribution is 2.40. The zero-order valence-electron chi connectivity index (χ0n) is 9.98. The van der Waals surface area contributed by atoms with Gasteiger partial charge in [0.25, 0.3) is 0 Å². The van der Waals surface area contributed by atoms with Gasteiger partial charge in [-0.2, -0.15) is 5.26 Å². The first-order valence-corrected chi connectivity index (χ1v) is 5.91. The van der Waals surface area contributed by atoms with Crippen molar-refractivity contribution < 1.29 is 0 Å². The summed E-state index contributed by atoms with van der Waals surface area (Å²) in [6.45, 7) is 3.18. The van der Waals surface area contributed by atoms with E-state index in [2.05, 4.69) is 37.1 Å². The van der Waals surface area contributed by atoms with Crippen LogP contribution in [0.3, 0.4) is 0 Å². The van der Waals surface area contributed by atoms with Gasteiger partial charge in [-0.15, -0.1) is 0 Å². The summed E-state index contributed by atoms with van der Waals surface area (Å²) in [6, 6.07) is 13.2. The van der Waals surface area contributed by atoms with Gasteiger partial charge in [0.05, 0.1) is 11.5 Å². The second kappa shape index (κ2) is 4.27. The second-order valence-corrected chi connectivity index (χ2v) is 4.60.